The van der Waals surface area contributed by atoms with Crippen molar-refractivity contribution in [2.75, 3.05) is 12.4 Å². The Morgan fingerprint density at radius 1 is 0.765 bits per heavy atom. The minimum absolute atomic E-state index is 0.431. The molecule has 0 aliphatic carbocycles. The number of ether oxygens (including phenoxy) is 1. The van der Waals surface area contributed by atoms with E-state index < -0.39 is 18.1 Å². The van der Waals surface area contributed by atoms with E-state index in [2.05, 4.69) is 5.32 Å². The average molecular weight is 469 g/mol. The van der Waals surface area contributed by atoms with Crippen molar-refractivity contribution in [3.8, 4) is 0 Å². The van der Waals surface area contributed by atoms with E-state index in [0.717, 1.165) is 28.1 Å². The van der Waals surface area contributed by atoms with Gasteiger partial charge in [-0.2, -0.15) is 0 Å². The first-order chi connectivity index (χ1) is 16.7. The second-order valence-electron chi connectivity index (χ2n) is 7.72. The summed E-state index contributed by atoms with van der Waals surface area (Å²) in [5.41, 5.74) is 4.29. The third kappa shape index (κ3) is 5.72. The number of anilines is 1. The van der Waals surface area contributed by atoms with E-state index in [-0.39, 0.29) is 0 Å². The molecule has 0 radical (unpaired) electrons. The lowest BCUT2D eigenvalue weighted by Gasteiger charge is -2.26. The van der Waals surface area contributed by atoms with Crippen LogP contribution >= 0.6 is 11.6 Å². The molecule has 5 heteroatoms. The first kappa shape index (κ1) is 23.3. The van der Waals surface area contributed by atoms with Crippen LogP contribution in [0.15, 0.2) is 120 Å². The molecular formula is C29H25ClN2O2. The molecule has 170 valence electrons. The summed E-state index contributed by atoms with van der Waals surface area (Å²) in [5.74, 6) is -0.431. The summed E-state index contributed by atoms with van der Waals surface area (Å²) in [6, 6.07) is 35.6. The van der Waals surface area contributed by atoms with Gasteiger partial charge in [-0.05, 0) is 29.8 Å². The third-order valence-corrected chi connectivity index (χ3v) is 5.70. The van der Waals surface area contributed by atoms with Crippen molar-refractivity contribution in [1.29, 1.82) is 0 Å². The molecule has 2 unspecified atom stereocenters. The highest BCUT2D eigenvalue weighted by molar-refractivity contribution is 6.30. The van der Waals surface area contributed by atoms with Gasteiger partial charge in [-0.15, -0.1) is 0 Å². The van der Waals surface area contributed by atoms with E-state index in [1.165, 1.54) is 7.11 Å². The van der Waals surface area contributed by atoms with Gasteiger partial charge in [0.15, 0.2) is 6.04 Å². The Morgan fingerprint density at radius 2 is 1.26 bits per heavy atom. The number of esters is 1. The Labute approximate surface area is 204 Å². The molecule has 0 saturated carbocycles. The lowest BCUT2D eigenvalue weighted by Crippen LogP contribution is -2.33. The summed E-state index contributed by atoms with van der Waals surface area (Å²) in [6.45, 7) is 0. The van der Waals surface area contributed by atoms with Gasteiger partial charge in [-0.25, -0.2) is 4.79 Å². The monoisotopic (exact) mass is 468 g/mol. The number of aliphatic imine (C=N–C) groups is 1. The molecule has 0 aromatic heterocycles. The van der Waals surface area contributed by atoms with Gasteiger partial charge in [-0.1, -0.05) is 103 Å². The number of carbonyl (C=O) groups excluding carboxylic acids is 1. The number of hydrogen-bond acceptors (Lipinski definition) is 4. The van der Waals surface area contributed by atoms with Crippen LogP contribution in [-0.4, -0.2) is 24.8 Å². The van der Waals surface area contributed by atoms with Crippen LogP contribution in [0, 0.1) is 0 Å². The van der Waals surface area contributed by atoms with E-state index in [1.807, 2.05) is 115 Å². The summed E-state index contributed by atoms with van der Waals surface area (Å²) < 4.78 is 5.24. The number of nitrogens with one attached hydrogen (secondary N) is 1. The molecular weight excluding hydrogens is 444 g/mol. The summed E-state index contributed by atoms with van der Waals surface area (Å²) in [4.78, 5) is 18.2. The van der Waals surface area contributed by atoms with Crippen LogP contribution in [0.3, 0.4) is 0 Å². The zero-order valence-electron chi connectivity index (χ0n) is 18.8. The third-order valence-electron chi connectivity index (χ3n) is 5.45. The van der Waals surface area contributed by atoms with E-state index in [4.69, 9.17) is 21.3 Å². The normalized spacial score (nSPS) is 12.3. The lowest BCUT2D eigenvalue weighted by molar-refractivity contribution is -0.142. The molecule has 0 aliphatic rings. The van der Waals surface area contributed by atoms with Gasteiger partial charge in [0.25, 0.3) is 0 Å². The molecule has 0 saturated heterocycles. The fourth-order valence-electron chi connectivity index (χ4n) is 3.76. The quantitative estimate of drug-likeness (QED) is 0.235. The summed E-state index contributed by atoms with van der Waals surface area (Å²) in [5, 5.41) is 4.12. The molecule has 0 bridgehead atoms. The van der Waals surface area contributed by atoms with Gasteiger partial charge in [0.1, 0.15) is 0 Å². The van der Waals surface area contributed by atoms with E-state index in [0.29, 0.717) is 5.02 Å². The fourth-order valence-corrected chi connectivity index (χ4v) is 3.89. The van der Waals surface area contributed by atoms with Gasteiger partial charge >= 0.3 is 5.97 Å². The van der Waals surface area contributed by atoms with Crippen LogP contribution in [0.25, 0.3) is 0 Å². The zero-order valence-corrected chi connectivity index (χ0v) is 19.5. The number of nitrogens with zero attached hydrogens (tertiary/aromatic N) is 1. The molecule has 4 nitrogen and oxygen atoms in total. The molecule has 2 atom stereocenters. The zero-order chi connectivity index (χ0) is 23.8. The number of hydrogen-bond donors (Lipinski definition) is 1. The predicted molar refractivity (Wildman–Crippen MR) is 139 cm³/mol. The van der Waals surface area contributed by atoms with Crippen LogP contribution < -0.4 is 5.32 Å². The maximum absolute atomic E-state index is 13.2. The van der Waals surface area contributed by atoms with Crippen molar-refractivity contribution < 1.29 is 9.53 Å². The van der Waals surface area contributed by atoms with Gasteiger partial charge in [0.05, 0.1) is 18.9 Å². The van der Waals surface area contributed by atoms with E-state index >= 15 is 0 Å². The standard InChI is InChI=1S/C29H25ClN2O2/c1-34-29(33)28(32-26(21-11-5-2-6-12-21)22-13-7-3-8-14-22)27(23-15-9-4-10-16-23)31-25-19-17-24(30)18-20-25/h2-20,27-28,31H,1H3. The largest absolute Gasteiger partial charge is 0.467 e. The van der Waals surface area contributed by atoms with Crippen LogP contribution in [0.4, 0.5) is 5.69 Å². The smallest absolute Gasteiger partial charge is 0.333 e. The molecule has 1 N–H and O–H groups in total. The first-order valence-corrected chi connectivity index (χ1v) is 11.4. The lowest BCUT2D eigenvalue weighted by atomic mass is 9.97. The number of methoxy groups -OCH3 is 1. The minimum Gasteiger partial charge on any atom is -0.467 e. The average Bonchev–Trinajstić information content (AvgIpc) is 2.90. The molecule has 0 spiro atoms. The Balaban J connectivity index is 1.85. The topological polar surface area (TPSA) is 50.7 Å². The van der Waals surface area contributed by atoms with E-state index in [1.54, 1.807) is 0 Å². The number of rotatable bonds is 8. The highest BCUT2D eigenvalue weighted by Crippen LogP contribution is 2.28. The molecule has 0 aliphatic heterocycles. The van der Waals surface area contributed by atoms with Crippen LogP contribution in [0.2, 0.25) is 5.02 Å². The second-order valence-corrected chi connectivity index (χ2v) is 8.15. The fraction of sp³-hybridized carbons (Fsp3) is 0.103. The van der Waals surface area contributed by atoms with Crippen molar-refractivity contribution >= 4 is 29.0 Å². The molecule has 4 aromatic carbocycles. The van der Waals surface area contributed by atoms with Crippen molar-refractivity contribution in [1.82, 2.24) is 0 Å². The maximum atomic E-state index is 13.2. The Hall–Kier alpha value is -3.89. The minimum atomic E-state index is -0.849. The summed E-state index contributed by atoms with van der Waals surface area (Å²) in [7, 11) is 1.39. The summed E-state index contributed by atoms with van der Waals surface area (Å²) >= 11 is 6.08. The van der Waals surface area contributed by atoms with E-state index in [9.17, 15) is 4.79 Å². The highest BCUT2D eigenvalue weighted by atomic mass is 35.5. The van der Waals surface area contributed by atoms with Gasteiger partial charge in [0.2, 0.25) is 0 Å². The Kier molecular flexibility index (Phi) is 7.74. The van der Waals surface area contributed by atoms with Crippen molar-refractivity contribution in [3.05, 3.63) is 137 Å². The first-order valence-electron chi connectivity index (χ1n) is 11.0. The highest BCUT2D eigenvalue weighted by Gasteiger charge is 2.31. The molecule has 0 amide bonds. The molecule has 34 heavy (non-hydrogen) atoms. The summed E-state index contributed by atoms with van der Waals surface area (Å²) in [6.07, 6.45) is 0. The van der Waals surface area contributed by atoms with Crippen LogP contribution in [0.5, 0.6) is 0 Å². The van der Waals surface area contributed by atoms with Crippen molar-refractivity contribution in [2.45, 2.75) is 12.1 Å². The molecule has 4 aromatic rings. The van der Waals surface area contributed by atoms with Crippen molar-refractivity contribution in [2.24, 2.45) is 4.99 Å². The van der Waals surface area contributed by atoms with Gasteiger partial charge in [0, 0.05) is 21.8 Å². The number of carbonyl (C=O) groups is 1. The number of halogens is 1. The Bertz CT molecular complexity index is 1190. The predicted octanol–water partition coefficient (Wildman–Crippen LogP) is 6.57. The molecule has 4 rings (SSSR count). The van der Waals surface area contributed by atoms with Crippen LogP contribution in [-0.2, 0) is 9.53 Å². The van der Waals surface area contributed by atoms with Crippen molar-refractivity contribution in [3.63, 3.8) is 0 Å². The SMILES string of the molecule is COC(=O)C(N=C(c1ccccc1)c1ccccc1)C(Nc1ccc(Cl)cc1)c1ccccc1. The van der Waals surface area contributed by atoms with Crippen LogP contribution in [0.1, 0.15) is 22.7 Å². The Morgan fingerprint density at radius 3 is 1.76 bits per heavy atom. The second kappa shape index (κ2) is 11.3. The molecule has 0 heterocycles. The van der Waals surface area contributed by atoms with Gasteiger partial charge in [-0.3, -0.25) is 4.99 Å². The molecule has 0 fully saturated rings. The number of benzene rings is 4. The van der Waals surface area contributed by atoms with Gasteiger partial charge < -0.3 is 10.1 Å². The maximum Gasteiger partial charge on any atom is 0.333 e.